The van der Waals surface area contributed by atoms with Crippen LogP contribution in [0.4, 0.5) is 5.69 Å². The van der Waals surface area contributed by atoms with Crippen LogP contribution in [-0.4, -0.2) is 18.4 Å². The van der Waals surface area contributed by atoms with Gasteiger partial charge in [-0.3, -0.25) is 9.59 Å². The topological polar surface area (TPSA) is 58.2 Å². The van der Waals surface area contributed by atoms with Gasteiger partial charge in [-0.05, 0) is 31.9 Å². The molecule has 0 heterocycles. The van der Waals surface area contributed by atoms with Crippen molar-refractivity contribution in [3.05, 3.63) is 28.8 Å². The van der Waals surface area contributed by atoms with E-state index in [9.17, 15) is 9.59 Å². The van der Waals surface area contributed by atoms with Crippen LogP contribution >= 0.6 is 0 Å². The fourth-order valence-electron chi connectivity index (χ4n) is 1.93. The fraction of sp³-hybridized carbons (Fsp3) is 0.467. The Morgan fingerprint density at radius 3 is 2.11 bits per heavy atom. The summed E-state index contributed by atoms with van der Waals surface area (Å²) in [5.74, 6) is -0.438. The van der Waals surface area contributed by atoms with Gasteiger partial charge in [0.15, 0.2) is 0 Å². The molecule has 0 bridgehead atoms. The van der Waals surface area contributed by atoms with E-state index in [1.165, 1.54) is 5.56 Å². The van der Waals surface area contributed by atoms with Crippen molar-refractivity contribution in [2.45, 2.75) is 34.6 Å². The summed E-state index contributed by atoms with van der Waals surface area (Å²) in [4.78, 5) is 23.2. The Bertz CT molecular complexity index is 470. The number of amides is 2. The first-order chi connectivity index (χ1) is 8.81. The summed E-state index contributed by atoms with van der Waals surface area (Å²) in [6.07, 6.45) is 0. The van der Waals surface area contributed by atoms with Crippen LogP contribution in [0.1, 0.15) is 30.5 Å². The van der Waals surface area contributed by atoms with Crippen LogP contribution in [0.5, 0.6) is 0 Å². The van der Waals surface area contributed by atoms with Gasteiger partial charge in [0.25, 0.3) is 0 Å². The third-order valence-corrected chi connectivity index (χ3v) is 2.89. The molecule has 0 aromatic heterocycles. The molecule has 2 N–H and O–H groups in total. The van der Waals surface area contributed by atoms with Gasteiger partial charge in [0, 0.05) is 11.6 Å². The minimum Gasteiger partial charge on any atom is -0.347 e. The highest BCUT2D eigenvalue weighted by Gasteiger charge is 2.11. The Balaban J connectivity index is 2.65. The molecular formula is C15H22N2O2. The standard InChI is InChI=1S/C15H22N2O2/c1-9(2)15(19)16-8-13(18)17-14-11(4)6-10(3)7-12(14)5/h6-7,9H,8H2,1-5H3,(H,16,19)(H,17,18). The summed E-state index contributed by atoms with van der Waals surface area (Å²) >= 11 is 0. The van der Waals surface area contributed by atoms with Crippen LogP contribution in [0, 0.1) is 26.7 Å². The Hall–Kier alpha value is -1.84. The molecule has 0 aliphatic rings. The minimum absolute atomic E-state index is 0.00374. The first-order valence-electron chi connectivity index (χ1n) is 6.46. The van der Waals surface area contributed by atoms with Crippen molar-refractivity contribution >= 4 is 17.5 Å². The van der Waals surface area contributed by atoms with Crippen molar-refractivity contribution < 1.29 is 9.59 Å². The van der Waals surface area contributed by atoms with Gasteiger partial charge >= 0.3 is 0 Å². The Kier molecular flexibility index (Phi) is 5.10. The molecule has 0 saturated carbocycles. The minimum atomic E-state index is -0.205. The molecule has 1 aromatic carbocycles. The second-order valence-electron chi connectivity index (χ2n) is 5.19. The summed E-state index contributed by atoms with van der Waals surface area (Å²) in [6.45, 7) is 9.53. The van der Waals surface area contributed by atoms with Crippen molar-refractivity contribution in [3.63, 3.8) is 0 Å². The highest BCUT2D eigenvalue weighted by atomic mass is 16.2. The molecule has 19 heavy (non-hydrogen) atoms. The second-order valence-corrected chi connectivity index (χ2v) is 5.19. The quantitative estimate of drug-likeness (QED) is 0.875. The average Bonchev–Trinajstić information content (AvgIpc) is 2.30. The predicted molar refractivity (Wildman–Crippen MR) is 77.1 cm³/mol. The number of aryl methyl sites for hydroxylation is 3. The smallest absolute Gasteiger partial charge is 0.243 e. The molecule has 4 heteroatoms. The number of hydrogen-bond acceptors (Lipinski definition) is 2. The number of benzene rings is 1. The second kappa shape index (κ2) is 6.36. The highest BCUT2D eigenvalue weighted by Crippen LogP contribution is 2.21. The molecule has 0 radical (unpaired) electrons. The van der Waals surface area contributed by atoms with Crippen molar-refractivity contribution in [1.82, 2.24) is 5.32 Å². The van der Waals surface area contributed by atoms with Crippen molar-refractivity contribution in [2.75, 3.05) is 11.9 Å². The molecule has 0 spiro atoms. The largest absolute Gasteiger partial charge is 0.347 e. The number of nitrogens with one attached hydrogen (secondary N) is 2. The van der Waals surface area contributed by atoms with E-state index in [0.717, 1.165) is 16.8 Å². The zero-order valence-corrected chi connectivity index (χ0v) is 12.3. The first kappa shape index (κ1) is 15.2. The van der Waals surface area contributed by atoms with Crippen LogP contribution in [-0.2, 0) is 9.59 Å². The zero-order chi connectivity index (χ0) is 14.6. The molecule has 0 aliphatic heterocycles. The highest BCUT2D eigenvalue weighted by molar-refractivity contribution is 5.95. The summed E-state index contributed by atoms with van der Waals surface area (Å²) in [5.41, 5.74) is 4.05. The van der Waals surface area contributed by atoms with Crippen LogP contribution in [0.2, 0.25) is 0 Å². The fourth-order valence-corrected chi connectivity index (χ4v) is 1.93. The third kappa shape index (κ3) is 4.39. The summed E-state index contributed by atoms with van der Waals surface area (Å²) in [6, 6.07) is 4.05. The Labute approximate surface area is 114 Å². The van der Waals surface area contributed by atoms with Gasteiger partial charge in [-0.25, -0.2) is 0 Å². The van der Waals surface area contributed by atoms with Crippen LogP contribution in [0.15, 0.2) is 12.1 Å². The van der Waals surface area contributed by atoms with E-state index in [-0.39, 0.29) is 24.3 Å². The summed E-state index contributed by atoms with van der Waals surface area (Å²) in [5, 5.41) is 5.45. The lowest BCUT2D eigenvalue weighted by Gasteiger charge is -2.13. The van der Waals surface area contributed by atoms with Gasteiger partial charge in [-0.1, -0.05) is 31.5 Å². The molecule has 0 atom stereocenters. The van der Waals surface area contributed by atoms with Gasteiger partial charge < -0.3 is 10.6 Å². The van der Waals surface area contributed by atoms with Crippen molar-refractivity contribution in [3.8, 4) is 0 Å². The van der Waals surface area contributed by atoms with E-state index >= 15 is 0 Å². The molecule has 0 unspecified atom stereocenters. The van der Waals surface area contributed by atoms with Crippen molar-refractivity contribution in [2.24, 2.45) is 5.92 Å². The van der Waals surface area contributed by atoms with E-state index in [1.54, 1.807) is 13.8 Å². The molecule has 104 valence electrons. The summed E-state index contributed by atoms with van der Waals surface area (Å²) < 4.78 is 0. The number of hydrogen-bond donors (Lipinski definition) is 2. The lowest BCUT2D eigenvalue weighted by Crippen LogP contribution is -2.35. The molecule has 1 rings (SSSR count). The first-order valence-corrected chi connectivity index (χ1v) is 6.46. The maximum atomic E-state index is 11.8. The van der Waals surface area contributed by atoms with E-state index in [4.69, 9.17) is 0 Å². The van der Waals surface area contributed by atoms with Gasteiger partial charge in [-0.15, -0.1) is 0 Å². The van der Waals surface area contributed by atoms with Gasteiger partial charge in [0.05, 0.1) is 6.54 Å². The average molecular weight is 262 g/mol. The van der Waals surface area contributed by atoms with Gasteiger partial charge in [0.1, 0.15) is 0 Å². The molecule has 1 aromatic rings. The number of anilines is 1. The lowest BCUT2D eigenvalue weighted by atomic mass is 10.1. The van der Waals surface area contributed by atoms with E-state index in [1.807, 2.05) is 32.9 Å². The Morgan fingerprint density at radius 1 is 1.11 bits per heavy atom. The molecule has 0 saturated heterocycles. The van der Waals surface area contributed by atoms with E-state index in [2.05, 4.69) is 10.6 Å². The van der Waals surface area contributed by atoms with E-state index in [0.29, 0.717) is 0 Å². The van der Waals surface area contributed by atoms with Crippen LogP contribution in [0.25, 0.3) is 0 Å². The monoisotopic (exact) mass is 262 g/mol. The molecular weight excluding hydrogens is 240 g/mol. The number of carbonyl (C=O) groups excluding carboxylic acids is 2. The maximum Gasteiger partial charge on any atom is 0.243 e. The molecule has 2 amide bonds. The summed E-state index contributed by atoms with van der Waals surface area (Å²) in [7, 11) is 0. The molecule has 4 nitrogen and oxygen atoms in total. The van der Waals surface area contributed by atoms with Crippen LogP contribution in [0.3, 0.4) is 0 Å². The SMILES string of the molecule is Cc1cc(C)c(NC(=O)CNC(=O)C(C)C)c(C)c1. The molecule has 0 aliphatic carbocycles. The van der Waals surface area contributed by atoms with Gasteiger partial charge in [0.2, 0.25) is 11.8 Å². The normalized spacial score (nSPS) is 10.4. The predicted octanol–water partition coefficient (Wildman–Crippen LogP) is 2.32. The van der Waals surface area contributed by atoms with Gasteiger partial charge in [-0.2, -0.15) is 0 Å². The van der Waals surface area contributed by atoms with E-state index < -0.39 is 0 Å². The zero-order valence-electron chi connectivity index (χ0n) is 12.3. The lowest BCUT2D eigenvalue weighted by molar-refractivity contribution is -0.126. The Morgan fingerprint density at radius 2 is 1.63 bits per heavy atom. The number of rotatable bonds is 4. The van der Waals surface area contributed by atoms with Crippen molar-refractivity contribution in [1.29, 1.82) is 0 Å². The number of carbonyl (C=O) groups is 2. The third-order valence-electron chi connectivity index (χ3n) is 2.89. The van der Waals surface area contributed by atoms with Crippen LogP contribution < -0.4 is 10.6 Å². The maximum absolute atomic E-state index is 11.8. The molecule has 0 fully saturated rings.